The van der Waals surface area contributed by atoms with Gasteiger partial charge in [-0.15, -0.1) is 0 Å². The number of hydrogen-bond donors (Lipinski definition) is 3. The van der Waals surface area contributed by atoms with Crippen molar-refractivity contribution in [1.82, 2.24) is 19.5 Å². The Labute approximate surface area is 180 Å². The Morgan fingerprint density at radius 1 is 1.18 bits per heavy atom. The molecule has 0 bridgehead atoms. The van der Waals surface area contributed by atoms with Crippen molar-refractivity contribution >= 4 is 51.2 Å². The molecule has 5 atom stereocenters. The van der Waals surface area contributed by atoms with E-state index in [0.717, 1.165) is 12.0 Å². The minimum Gasteiger partial charge on any atom is -0.390 e. The number of nitrogens with one attached hydrogen (secondary N) is 1. The van der Waals surface area contributed by atoms with E-state index in [4.69, 9.17) is 11.6 Å². The number of rotatable bonds is 5. The van der Waals surface area contributed by atoms with E-state index < -0.39 is 12.2 Å². The highest BCUT2D eigenvalue weighted by Gasteiger charge is 2.58. The van der Waals surface area contributed by atoms with Gasteiger partial charge in [0.05, 0.1) is 18.5 Å². The number of fused-ring (bicyclic) bond motifs is 2. The average Bonchev–Trinajstić information content (AvgIpc) is 3.32. The molecule has 0 amide bonds. The zero-order valence-corrected chi connectivity index (χ0v) is 17.7. The molecular formula is C19H19ClIN5O2. The van der Waals surface area contributed by atoms with E-state index in [-0.39, 0.29) is 17.1 Å². The molecular weight excluding hydrogens is 493 g/mol. The summed E-state index contributed by atoms with van der Waals surface area (Å²) in [7, 11) is 0. The quantitative estimate of drug-likeness (QED) is 0.360. The first-order valence-corrected chi connectivity index (χ1v) is 10.7. The van der Waals surface area contributed by atoms with Crippen LogP contribution in [0, 0.1) is 21.3 Å². The van der Waals surface area contributed by atoms with Crippen LogP contribution in [0.25, 0.3) is 11.2 Å². The molecule has 0 aliphatic heterocycles. The van der Waals surface area contributed by atoms with Gasteiger partial charge in [-0.1, -0.05) is 18.2 Å². The normalized spacial score (nSPS) is 28.5. The van der Waals surface area contributed by atoms with Gasteiger partial charge in [-0.25, -0.2) is 4.98 Å². The molecule has 0 radical (unpaired) electrons. The topological polar surface area (TPSA) is 96.1 Å². The maximum absolute atomic E-state index is 10.3. The van der Waals surface area contributed by atoms with Crippen LogP contribution in [0.5, 0.6) is 0 Å². The van der Waals surface area contributed by atoms with E-state index in [0.29, 0.717) is 36.0 Å². The number of halogens is 2. The first-order chi connectivity index (χ1) is 13.5. The fraction of sp³-hybridized carbons (Fsp3) is 0.421. The average molecular weight is 512 g/mol. The van der Waals surface area contributed by atoms with Gasteiger partial charge in [0.15, 0.2) is 17.0 Å². The number of aliphatic hydroxyl groups excluding tert-OH is 2. The fourth-order valence-electron chi connectivity index (χ4n) is 4.35. The van der Waals surface area contributed by atoms with Crippen LogP contribution >= 0.6 is 34.2 Å². The third-order valence-electron chi connectivity index (χ3n) is 5.92. The van der Waals surface area contributed by atoms with E-state index in [1.807, 2.05) is 16.7 Å². The highest BCUT2D eigenvalue weighted by atomic mass is 127. The zero-order chi connectivity index (χ0) is 19.4. The molecule has 2 saturated carbocycles. The Bertz CT molecular complexity index is 1040. The third-order valence-corrected chi connectivity index (χ3v) is 7.14. The number of hydrogen-bond acceptors (Lipinski definition) is 6. The van der Waals surface area contributed by atoms with E-state index in [2.05, 4.69) is 55.0 Å². The minimum atomic E-state index is -0.698. The second kappa shape index (κ2) is 7.08. The number of nitrogens with zero attached hydrogens (tertiary/aromatic N) is 4. The van der Waals surface area contributed by atoms with Crippen molar-refractivity contribution < 1.29 is 10.2 Å². The highest BCUT2D eigenvalue weighted by Crippen LogP contribution is 2.56. The summed E-state index contributed by atoms with van der Waals surface area (Å²) < 4.78 is 3.07. The molecule has 146 valence electrons. The van der Waals surface area contributed by atoms with Crippen LogP contribution in [0.15, 0.2) is 30.6 Å². The Morgan fingerprint density at radius 3 is 2.75 bits per heavy atom. The van der Waals surface area contributed by atoms with Crippen LogP contribution in [0.4, 0.5) is 5.82 Å². The molecule has 2 aliphatic rings. The maximum Gasteiger partial charge on any atom is 0.226 e. The monoisotopic (exact) mass is 511 g/mol. The molecule has 2 heterocycles. The van der Waals surface area contributed by atoms with E-state index in [1.165, 1.54) is 3.57 Å². The van der Waals surface area contributed by atoms with Gasteiger partial charge < -0.3 is 20.1 Å². The van der Waals surface area contributed by atoms with Crippen molar-refractivity contribution in [1.29, 1.82) is 0 Å². The third kappa shape index (κ3) is 3.16. The van der Waals surface area contributed by atoms with Crippen molar-refractivity contribution in [3.63, 3.8) is 0 Å². The van der Waals surface area contributed by atoms with Crippen molar-refractivity contribution in [3.8, 4) is 0 Å². The minimum absolute atomic E-state index is 0.00782. The molecule has 2 fully saturated rings. The predicted octanol–water partition coefficient (Wildman–Crippen LogP) is 2.68. The Hall–Kier alpha value is -1.49. The van der Waals surface area contributed by atoms with Crippen LogP contribution in [0.3, 0.4) is 0 Å². The summed E-state index contributed by atoms with van der Waals surface area (Å²) in [6, 6.07) is 8.13. The van der Waals surface area contributed by atoms with Crippen molar-refractivity contribution in [2.75, 3.05) is 5.32 Å². The number of benzene rings is 1. The molecule has 3 N–H and O–H groups in total. The number of aliphatic hydroxyl groups is 2. The van der Waals surface area contributed by atoms with Crippen LogP contribution in [0.2, 0.25) is 5.28 Å². The molecule has 1 aromatic carbocycles. The lowest BCUT2D eigenvalue weighted by atomic mass is 9.99. The maximum atomic E-state index is 10.3. The Kier molecular flexibility index (Phi) is 4.69. The van der Waals surface area contributed by atoms with Crippen LogP contribution in [-0.2, 0) is 13.1 Å². The summed E-state index contributed by atoms with van der Waals surface area (Å²) in [5.74, 6) is 1.20. The van der Waals surface area contributed by atoms with Crippen LogP contribution < -0.4 is 5.32 Å². The molecule has 3 aromatic rings. The van der Waals surface area contributed by atoms with Gasteiger partial charge in [-0.2, -0.15) is 9.97 Å². The van der Waals surface area contributed by atoms with Gasteiger partial charge in [0.25, 0.3) is 0 Å². The Morgan fingerprint density at radius 2 is 2.00 bits per heavy atom. The number of anilines is 1. The molecule has 0 saturated heterocycles. The first-order valence-electron chi connectivity index (χ1n) is 9.24. The molecule has 5 rings (SSSR count). The summed E-state index contributed by atoms with van der Waals surface area (Å²) in [5.41, 5.74) is 2.44. The van der Waals surface area contributed by atoms with Gasteiger partial charge in [0.2, 0.25) is 5.28 Å². The van der Waals surface area contributed by atoms with Gasteiger partial charge >= 0.3 is 0 Å². The molecule has 0 unspecified atom stereocenters. The van der Waals surface area contributed by atoms with Gasteiger partial charge in [-0.05, 0) is 64.1 Å². The molecule has 9 heteroatoms. The lowest BCUT2D eigenvalue weighted by Crippen LogP contribution is -2.31. The fourth-order valence-corrected chi connectivity index (χ4v) is 5.09. The Balaban J connectivity index is 1.42. The van der Waals surface area contributed by atoms with E-state index in [9.17, 15) is 10.2 Å². The first kappa shape index (κ1) is 18.5. The van der Waals surface area contributed by atoms with Crippen LogP contribution in [0.1, 0.15) is 12.0 Å². The van der Waals surface area contributed by atoms with Gasteiger partial charge in [0, 0.05) is 22.6 Å². The second-order valence-corrected chi connectivity index (χ2v) is 9.06. The van der Waals surface area contributed by atoms with E-state index in [1.54, 1.807) is 6.33 Å². The van der Waals surface area contributed by atoms with E-state index >= 15 is 0 Å². The SMILES string of the molecule is O[C@@H]1[C@H](O)[C@@H]2C[C@@H]2[C@H]1Cn1cnc2c(NCc3ccccc3I)nc(Cl)nc21. The molecule has 7 nitrogen and oxygen atoms in total. The smallest absolute Gasteiger partial charge is 0.226 e. The molecule has 0 spiro atoms. The second-order valence-electron chi connectivity index (χ2n) is 7.56. The predicted molar refractivity (Wildman–Crippen MR) is 114 cm³/mol. The summed E-state index contributed by atoms with van der Waals surface area (Å²) in [5, 5.41) is 23.9. The zero-order valence-electron chi connectivity index (χ0n) is 14.8. The molecule has 2 aliphatic carbocycles. The molecule has 2 aromatic heterocycles. The largest absolute Gasteiger partial charge is 0.390 e. The summed E-state index contributed by atoms with van der Waals surface area (Å²) in [4.78, 5) is 13.2. The van der Waals surface area contributed by atoms with Crippen molar-refractivity contribution in [2.45, 2.75) is 31.7 Å². The van der Waals surface area contributed by atoms with Gasteiger partial charge in [0.1, 0.15) is 0 Å². The standard InChI is InChI=1S/C19H19ClIN5O2/c20-19-24-17(22-6-9-3-1-2-4-13(9)21)14-18(25-19)26(8-23-14)7-12-10-5-11(10)15(27)16(12)28/h1-4,8,10-12,15-16,27-28H,5-7H2,(H,22,24,25)/t10-,11+,12+,15+,16-/m0/s1. The summed E-state index contributed by atoms with van der Waals surface area (Å²) in [6.45, 7) is 1.16. The lowest BCUT2D eigenvalue weighted by molar-refractivity contribution is -0.00373. The van der Waals surface area contributed by atoms with Crippen molar-refractivity contribution in [3.05, 3.63) is 45.0 Å². The number of aromatic nitrogens is 4. The highest BCUT2D eigenvalue weighted by molar-refractivity contribution is 14.1. The summed E-state index contributed by atoms with van der Waals surface area (Å²) >= 11 is 8.48. The lowest BCUT2D eigenvalue weighted by Gasteiger charge is -2.21. The summed E-state index contributed by atoms with van der Waals surface area (Å²) in [6.07, 6.45) is 1.38. The van der Waals surface area contributed by atoms with Crippen LogP contribution in [-0.4, -0.2) is 41.9 Å². The van der Waals surface area contributed by atoms with Gasteiger partial charge in [-0.3, -0.25) is 0 Å². The van der Waals surface area contributed by atoms with Crippen molar-refractivity contribution in [2.24, 2.45) is 17.8 Å². The molecule has 28 heavy (non-hydrogen) atoms. The number of imidazole rings is 1.